The van der Waals surface area contributed by atoms with Crippen LogP contribution in [0.1, 0.15) is 16.0 Å². The zero-order valence-electron chi connectivity index (χ0n) is 8.05. The van der Waals surface area contributed by atoms with E-state index in [0.29, 0.717) is 0 Å². The highest BCUT2D eigenvalue weighted by atomic mass is 32.1. The number of thiophene rings is 1. The van der Waals surface area contributed by atoms with E-state index in [9.17, 15) is 0 Å². The summed E-state index contributed by atoms with van der Waals surface area (Å²) in [6, 6.07) is 0. The van der Waals surface area contributed by atoms with Crippen molar-refractivity contribution in [1.82, 2.24) is 4.90 Å². The van der Waals surface area contributed by atoms with Crippen molar-refractivity contribution in [3.8, 4) is 0 Å². The molecular weight excluding hydrogens is 178 g/mol. The van der Waals surface area contributed by atoms with E-state index < -0.39 is 0 Å². The SMILES string of the molecule is C=CCN1CCc2scc(C)c2C1. The van der Waals surface area contributed by atoms with Crippen LogP contribution < -0.4 is 0 Å². The van der Waals surface area contributed by atoms with E-state index in [-0.39, 0.29) is 0 Å². The summed E-state index contributed by atoms with van der Waals surface area (Å²) in [4.78, 5) is 4.05. The quantitative estimate of drug-likeness (QED) is 0.653. The minimum absolute atomic E-state index is 1.02. The molecule has 2 heterocycles. The van der Waals surface area contributed by atoms with Crippen molar-refractivity contribution in [2.45, 2.75) is 19.9 Å². The Labute approximate surface area is 83.7 Å². The average molecular weight is 193 g/mol. The zero-order valence-corrected chi connectivity index (χ0v) is 8.86. The molecule has 1 aliphatic rings. The molecule has 0 amide bonds. The summed E-state index contributed by atoms with van der Waals surface area (Å²) < 4.78 is 0. The van der Waals surface area contributed by atoms with E-state index >= 15 is 0 Å². The van der Waals surface area contributed by atoms with Crippen molar-refractivity contribution in [2.24, 2.45) is 0 Å². The van der Waals surface area contributed by atoms with Gasteiger partial charge in [0.2, 0.25) is 0 Å². The van der Waals surface area contributed by atoms with Crippen LogP contribution in [-0.4, -0.2) is 18.0 Å². The van der Waals surface area contributed by atoms with Gasteiger partial charge in [-0.15, -0.1) is 17.9 Å². The Bertz CT molecular complexity index is 314. The predicted octanol–water partition coefficient (Wildman–Crippen LogP) is 2.60. The largest absolute Gasteiger partial charge is 0.295 e. The van der Waals surface area contributed by atoms with Crippen molar-refractivity contribution in [1.29, 1.82) is 0 Å². The first-order valence-electron chi connectivity index (χ1n) is 4.70. The lowest BCUT2D eigenvalue weighted by molar-refractivity contribution is 0.283. The molecular formula is C11H15NS. The maximum absolute atomic E-state index is 3.78. The highest BCUT2D eigenvalue weighted by molar-refractivity contribution is 7.10. The van der Waals surface area contributed by atoms with Gasteiger partial charge in [0.1, 0.15) is 0 Å². The number of nitrogens with zero attached hydrogens (tertiary/aromatic N) is 1. The van der Waals surface area contributed by atoms with Gasteiger partial charge in [-0.2, -0.15) is 0 Å². The predicted molar refractivity (Wildman–Crippen MR) is 58.2 cm³/mol. The third-order valence-corrected chi connectivity index (χ3v) is 3.82. The van der Waals surface area contributed by atoms with Gasteiger partial charge < -0.3 is 0 Å². The van der Waals surface area contributed by atoms with Gasteiger partial charge in [-0.25, -0.2) is 0 Å². The topological polar surface area (TPSA) is 3.24 Å². The van der Waals surface area contributed by atoms with E-state index in [1.54, 1.807) is 10.4 Å². The van der Waals surface area contributed by atoms with Crippen LogP contribution in [0, 0.1) is 6.92 Å². The van der Waals surface area contributed by atoms with Gasteiger partial charge in [0.05, 0.1) is 0 Å². The van der Waals surface area contributed by atoms with Crippen molar-refractivity contribution >= 4 is 11.3 Å². The first kappa shape index (κ1) is 8.97. The Morgan fingerprint density at radius 3 is 3.31 bits per heavy atom. The normalized spacial score (nSPS) is 17.0. The number of fused-ring (bicyclic) bond motifs is 1. The summed E-state index contributed by atoms with van der Waals surface area (Å²) in [7, 11) is 0. The Balaban J connectivity index is 2.17. The monoisotopic (exact) mass is 193 g/mol. The lowest BCUT2D eigenvalue weighted by atomic mass is 10.1. The van der Waals surface area contributed by atoms with Gasteiger partial charge in [-0.1, -0.05) is 6.08 Å². The molecule has 1 aromatic heterocycles. The number of aryl methyl sites for hydroxylation is 1. The van der Waals surface area contributed by atoms with Crippen LogP contribution in [0.25, 0.3) is 0 Å². The lowest BCUT2D eigenvalue weighted by Gasteiger charge is -2.25. The molecule has 0 fully saturated rings. The Morgan fingerprint density at radius 2 is 2.54 bits per heavy atom. The number of rotatable bonds is 2. The fourth-order valence-corrected chi connectivity index (χ4v) is 2.88. The maximum Gasteiger partial charge on any atom is 0.0250 e. The first-order chi connectivity index (χ1) is 6.31. The molecule has 0 N–H and O–H groups in total. The highest BCUT2D eigenvalue weighted by Crippen LogP contribution is 2.27. The third kappa shape index (κ3) is 1.69. The summed E-state index contributed by atoms with van der Waals surface area (Å²) in [5.74, 6) is 0. The molecule has 70 valence electrons. The van der Waals surface area contributed by atoms with Crippen LogP contribution in [-0.2, 0) is 13.0 Å². The van der Waals surface area contributed by atoms with Crippen molar-refractivity contribution in [3.05, 3.63) is 34.0 Å². The molecule has 0 aromatic carbocycles. The smallest absolute Gasteiger partial charge is 0.0250 e. The van der Waals surface area contributed by atoms with E-state index in [1.807, 2.05) is 17.4 Å². The van der Waals surface area contributed by atoms with Gasteiger partial charge in [0.25, 0.3) is 0 Å². The van der Waals surface area contributed by atoms with Gasteiger partial charge >= 0.3 is 0 Å². The van der Waals surface area contributed by atoms with Crippen LogP contribution in [0.4, 0.5) is 0 Å². The van der Waals surface area contributed by atoms with Gasteiger partial charge in [-0.05, 0) is 29.9 Å². The molecule has 0 spiro atoms. The molecule has 1 nitrogen and oxygen atoms in total. The molecule has 0 aliphatic carbocycles. The average Bonchev–Trinajstić information content (AvgIpc) is 2.49. The molecule has 1 aliphatic heterocycles. The van der Waals surface area contributed by atoms with Crippen molar-refractivity contribution in [2.75, 3.05) is 13.1 Å². The molecule has 2 rings (SSSR count). The second kappa shape index (κ2) is 3.64. The Kier molecular flexibility index (Phi) is 2.51. The highest BCUT2D eigenvalue weighted by Gasteiger charge is 2.17. The zero-order chi connectivity index (χ0) is 9.26. The molecule has 0 unspecified atom stereocenters. The van der Waals surface area contributed by atoms with Gasteiger partial charge in [0.15, 0.2) is 0 Å². The molecule has 1 aromatic rings. The fraction of sp³-hybridized carbons (Fsp3) is 0.455. The standard InChI is InChI=1S/C11H15NS/c1-3-5-12-6-4-11-10(7-12)9(2)8-13-11/h3,8H,1,4-7H2,2H3. The van der Waals surface area contributed by atoms with Crippen LogP contribution in [0.3, 0.4) is 0 Å². The van der Waals surface area contributed by atoms with Crippen LogP contribution in [0.2, 0.25) is 0 Å². The molecule has 0 saturated heterocycles. The Hall–Kier alpha value is -0.600. The van der Waals surface area contributed by atoms with Crippen molar-refractivity contribution in [3.63, 3.8) is 0 Å². The summed E-state index contributed by atoms with van der Waals surface area (Å²) >= 11 is 1.92. The molecule has 0 bridgehead atoms. The number of hydrogen-bond donors (Lipinski definition) is 0. The van der Waals surface area contributed by atoms with E-state index in [4.69, 9.17) is 0 Å². The maximum atomic E-state index is 3.78. The summed E-state index contributed by atoms with van der Waals surface area (Å²) in [5.41, 5.74) is 3.03. The second-order valence-electron chi connectivity index (χ2n) is 3.59. The number of hydrogen-bond acceptors (Lipinski definition) is 2. The van der Waals surface area contributed by atoms with Crippen LogP contribution in [0.15, 0.2) is 18.0 Å². The minimum Gasteiger partial charge on any atom is -0.295 e. The Morgan fingerprint density at radius 1 is 1.69 bits per heavy atom. The second-order valence-corrected chi connectivity index (χ2v) is 4.56. The summed E-state index contributed by atoms with van der Waals surface area (Å²) in [5, 5.41) is 2.28. The summed E-state index contributed by atoms with van der Waals surface area (Å²) in [6.07, 6.45) is 3.22. The van der Waals surface area contributed by atoms with Crippen LogP contribution in [0.5, 0.6) is 0 Å². The third-order valence-electron chi connectivity index (χ3n) is 2.61. The van der Waals surface area contributed by atoms with Crippen LogP contribution >= 0.6 is 11.3 Å². The molecule has 0 atom stereocenters. The summed E-state index contributed by atoms with van der Waals surface area (Å²) in [6.45, 7) is 9.33. The molecule has 0 radical (unpaired) electrons. The first-order valence-corrected chi connectivity index (χ1v) is 5.58. The molecule has 0 saturated carbocycles. The lowest BCUT2D eigenvalue weighted by Crippen LogP contribution is -2.29. The minimum atomic E-state index is 1.02. The van der Waals surface area contributed by atoms with Gasteiger partial charge in [-0.3, -0.25) is 4.90 Å². The fourth-order valence-electron chi connectivity index (χ4n) is 1.85. The molecule has 13 heavy (non-hydrogen) atoms. The van der Waals surface area contributed by atoms with Crippen molar-refractivity contribution < 1.29 is 0 Å². The van der Waals surface area contributed by atoms with E-state index in [1.165, 1.54) is 18.5 Å². The molecule has 2 heteroatoms. The van der Waals surface area contributed by atoms with E-state index in [0.717, 1.165) is 13.1 Å². The van der Waals surface area contributed by atoms with Gasteiger partial charge in [0, 0.05) is 24.5 Å². The van der Waals surface area contributed by atoms with E-state index in [2.05, 4.69) is 23.8 Å².